The second kappa shape index (κ2) is 10.6. The maximum Gasteiger partial charge on any atom is 0.325 e. The predicted molar refractivity (Wildman–Crippen MR) is 141 cm³/mol. The standard InChI is InChI=1S/C26H30ClN7O3/c1-5-20(17-6-8-18(27)9-7-17)31-26(37)34-22(24(36)33(4)25-29-10-11-32(25)3)19(23(34)35)13-16-12-15(2)30-21(28)14-16/h6-12,14,19-20,22H,5,13H2,1-4H3,(H2,28,30)(H,31,37)/t19-,20?,22+/m1/s1. The molecule has 2 aromatic heterocycles. The van der Waals surface area contributed by atoms with Crippen molar-refractivity contribution in [2.24, 2.45) is 13.0 Å². The zero-order valence-corrected chi connectivity index (χ0v) is 21.9. The highest BCUT2D eigenvalue weighted by Gasteiger charge is 2.55. The summed E-state index contributed by atoms with van der Waals surface area (Å²) in [6.07, 6.45) is 4.12. The van der Waals surface area contributed by atoms with Gasteiger partial charge in [-0.25, -0.2) is 14.8 Å². The van der Waals surface area contributed by atoms with Gasteiger partial charge in [-0.05, 0) is 55.2 Å². The second-order valence-corrected chi connectivity index (χ2v) is 9.64. The van der Waals surface area contributed by atoms with Crippen molar-refractivity contribution < 1.29 is 14.4 Å². The molecule has 4 amide bonds. The summed E-state index contributed by atoms with van der Waals surface area (Å²) >= 11 is 6.00. The minimum atomic E-state index is -1.01. The Hall–Kier alpha value is -3.92. The molecule has 0 spiro atoms. The van der Waals surface area contributed by atoms with Crippen molar-refractivity contribution in [1.29, 1.82) is 0 Å². The number of hydrogen-bond acceptors (Lipinski definition) is 6. The van der Waals surface area contributed by atoms with Crippen LogP contribution >= 0.6 is 11.6 Å². The van der Waals surface area contributed by atoms with Gasteiger partial charge in [0, 0.05) is 37.2 Å². The van der Waals surface area contributed by atoms with Crippen LogP contribution in [0.5, 0.6) is 0 Å². The minimum absolute atomic E-state index is 0.245. The molecule has 1 aliphatic heterocycles. The van der Waals surface area contributed by atoms with E-state index in [-0.39, 0.29) is 12.5 Å². The van der Waals surface area contributed by atoms with Gasteiger partial charge in [-0.3, -0.25) is 19.4 Å². The predicted octanol–water partition coefficient (Wildman–Crippen LogP) is 3.25. The highest BCUT2D eigenvalue weighted by molar-refractivity contribution is 6.30. The van der Waals surface area contributed by atoms with Gasteiger partial charge in [-0.15, -0.1) is 0 Å². The van der Waals surface area contributed by atoms with Crippen molar-refractivity contribution in [3.05, 3.63) is 70.6 Å². The molecule has 4 rings (SSSR count). The lowest BCUT2D eigenvalue weighted by molar-refractivity contribution is -0.156. The zero-order valence-electron chi connectivity index (χ0n) is 21.2. The number of aromatic nitrogens is 3. The van der Waals surface area contributed by atoms with E-state index in [2.05, 4.69) is 15.3 Å². The fraction of sp³-hybridized carbons (Fsp3) is 0.346. The van der Waals surface area contributed by atoms with E-state index in [9.17, 15) is 14.4 Å². The molecule has 10 nitrogen and oxygen atoms in total. The lowest BCUT2D eigenvalue weighted by atomic mass is 9.81. The number of carbonyl (C=O) groups excluding carboxylic acids is 3. The molecule has 1 unspecified atom stereocenters. The number of halogens is 1. The molecule has 3 atom stereocenters. The number of nitrogens with two attached hydrogens (primary N) is 1. The fourth-order valence-corrected chi connectivity index (χ4v) is 4.84. The minimum Gasteiger partial charge on any atom is -0.384 e. The van der Waals surface area contributed by atoms with Crippen LogP contribution in [0.1, 0.15) is 36.2 Å². The molecular weight excluding hydrogens is 494 g/mol. The number of nitrogens with one attached hydrogen (secondary N) is 1. The van der Waals surface area contributed by atoms with Crippen LogP contribution < -0.4 is 16.0 Å². The van der Waals surface area contributed by atoms with Crippen LogP contribution in [0.4, 0.5) is 16.6 Å². The Morgan fingerprint density at radius 3 is 2.54 bits per heavy atom. The summed E-state index contributed by atoms with van der Waals surface area (Å²) in [4.78, 5) is 51.2. The van der Waals surface area contributed by atoms with Gasteiger partial charge in [0.15, 0.2) is 0 Å². The Balaban J connectivity index is 1.61. The highest BCUT2D eigenvalue weighted by atomic mass is 35.5. The first-order chi connectivity index (χ1) is 17.6. The third-order valence-corrected chi connectivity index (χ3v) is 6.83. The normalized spacial score (nSPS) is 17.8. The van der Waals surface area contributed by atoms with Crippen molar-refractivity contribution >= 4 is 41.2 Å². The van der Waals surface area contributed by atoms with E-state index in [0.717, 1.165) is 16.0 Å². The van der Waals surface area contributed by atoms with Gasteiger partial charge in [-0.1, -0.05) is 30.7 Å². The number of pyridine rings is 1. The van der Waals surface area contributed by atoms with Crippen molar-refractivity contribution in [2.45, 2.75) is 38.8 Å². The maximum absolute atomic E-state index is 13.7. The number of carbonyl (C=O) groups is 3. The average molecular weight is 524 g/mol. The van der Waals surface area contributed by atoms with Crippen LogP contribution in [-0.2, 0) is 23.1 Å². The number of nitrogens with zero attached hydrogens (tertiary/aromatic N) is 5. The molecule has 0 saturated carbocycles. The fourth-order valence-electron chi connectivity index (χ4n) is 4.71. The highest BCUT2D eigenvalue weighted by Crippen LogP contribution is 2.33. The maximum atomic E-state index is 13.7. The average Bonchev–Trinajstić information content (AvgIpc) is 3.28. The summed E-state index contributed by atoms with van der Waals surface area (Å²) in [7, 11) is 3.35. The summed E-state index contributed by atoms with van der Waals surface area (Å²) < 4.78 is 1.69. The van der Waals surface area contributed by atoms with Crippen LogP contribution in [0.3, 0.4) is 0 Å². The largest absolute Gasteiger partial charge is 0.384 e. The van der Waals surface area contributed by atoms with E-state index < -0.39 is 29.8 Å². The Bertz CT molecular complexity index is 1300. The first-order valence-electron chi connectivity index (χ1n) is 12.0. The molecule has 3 N–H and O–H groups in total. The number of β-lactam (4-membered cyclic amide) rings is 1. The van der Waals surface area contributed by atoms with Crippen molar-refractivity contribution in [3.8, 4) is 0 Å². The summed E-state index contributed by atoms with van der Waals surface area (Å²) in [5.74, 6) is -0.841. The molecule has 3 heterocycles. The molecule has 1 aliphatic rings. The van der Waals surface area contributed by atoms with Crippen LogP contribution in [-0.4, -0.2) is 50.4 Å². The number of aryl methyl sites for hydroxylation is 2. The van der Waals surface area contributed by atoms with Crippen LogP contribution in [0.2, 0.25) is 5.02 Å². The number of nitrogen functional groups attached to an aromatic ring is 1. The van der Waals surface area contributed by atoms with Crippen molar-refractivity contribution in [3.63, 3.8) is 0 Å². The number of anilines is 2. The topological polar surface area (TPSA) is 126 Å². The molecule has 11 heteroatoms. The molecule has 1 saturated heterocycles. The van der Waals surface area contributed by atoms with Gasteiger partial charge in [0.2, 0.25) is 11.9 Å². The van der Waals surface area contributed by atoms with E-state index in [1.54, 1.807) is 56.2 Å². The number of hydrogen-bond donors (Lipinski definition) is 2. The number of imidazole rings is 1. The third kappa shape index (κ3) is 5.29. The number of benzene rings is 1. The van der Waals surface area contributed by atoms with Crippen LogP contribution in [0, 0.1) is 12.8 Å². The van der Waals surface area contributed by atoms with E-state index in [1.807, 2.05) is 25.1 Å². The van der Waals surface area contributed by atoms with E-state index in [0.29, 0.717) is 28.9 Å². The summed E-state index contributed by atoms with van der Waals surface area (Å²) in [5.41, 5.74) is 8.22. The molecule has 0 radical (unpaired) electrons. The third-order valence-electron chi connectivity index (χ3n) is 6.58. The van der Waals surface area contributed by atoms with Gasteiger partial charge in [0.25, 0.3) is 5.91 Å². The van der Waals surface area contributed by atoms with Crippen molar-refractivity contribution in [1.82, 2.24) is 24.8 Å². The summed E-state index contributed by atoms with van der Waals surface area (Å²) in [5, 5.41) is 3.49. The quantitative estimate of drug-likeness (QED) is 0.458. The monoisotopic (exact) mass is 523 g/mol. The SMILES string of the molecule is CCC(NC(=O)N1C(=O)[C@H](Cc2cc(C)nc(N)c2)[C@H]1C(=O)N(C)c1nccn1C)c1ccc(Cl)cc1. The van der Waals surface area contributed by atoms with Crippen LogP contribution in [0.15, 0.2) is 48.8 Å². The molecular formula is C26H30ClN7O3. The Kier molecular flexibility index (Phi) is 7.49. The number of amides is 4. The molecule has 0 bridgehead atoms. The summed E-state index contributed by atoms with van der Waals surface area (Å²) in [6.45, 7) is 3.73. The molecule has 1 aromatic carbocycles. The smallest absolute Gasteiger partial charge is 0.325 e. The number of urea groups is 1. The molecule has 37 heavy (non-hydrogen) atoms. The number of imide groups is 1. The van der Waals surface area contributed by atoms with E-state index in [1.165, 1.54) is 4.90 Å². The Morgan fingerprint density at radius 2 is 1.95 bits per heavy atom. The zero-order chi connectivity index (χ0) is 26.9. The van der Waals surface area contributed by atoms with Gasteiger partial charge >= 0.3 is 6.03 Å². The number of likely N-dealkylation sites (N-methyl/N-ethyl adjacent to an activating group) is 1. The molecule has 1 fully saturated rings. The molecule has 194 valence electrons. The summed E-state index contributed by atoms with van der Waals surface area (Å²) in [6, 6.07) is 8.65. The molecule has 0 aliphatic carbocycles. The number of rotatable bonds is 7. The van der Waals surface area contributed by atoms with Gasteiger partial charge in [0.05, 0.1) is 12.0 Å². The second-order valence-electron chi connectivity index (χ2n) is 9.20. The van der Waals surface area contributed by atoms with Gasteiger partial charge < -0.3 is 15.6 Å². The van der Waals surface area contributed by atoms with Crippen molar-refractivity contribution in [2.75, 3.05) is 17.7 Å². The Morgan fingerprint density at radius 1 is 1.24 bits per heavy atom. The van der Waals surface area contributed by atoms with Gasteiger partial charge in [0.1, 0.15) is 11.9 Å². The van der Waals surface area contributed by atoms with E-state index in [4.69, 9.17) is 17.3 Å². The lowest BCUT2D eigenvalue weighted by Crippen LogP contribution is -2.70. The lowest BCUT2D eigenvalue weighted by Gasteiger charge is -2.45. The molecule has 3 aromatic rings. The van der Waals surface area contributed by atoms with E-state index >= 15 is 0 Å². The first kappa shape index (κ1) is 26.2. The first-order valence-corrected chi connectivity index (χ1v) is 12.4. The number of likely N-dealkylation sites (tertiary alicyclic amines) is 1. The Labute approximate surface area is 220 Å². The van der Waals surface area contributed by atoms with Gasteiger partial charge in [-0.2, -0.15) is 0 Å². The van der Waals surface area contributed by atoms with Crippen LogP contribution in [0.25, 0.3) is 0 Å².